The van der Waals surface area contributed by atoms with Crippen molar-refractivity contribution in [2.75, 3.05) is 0 Å². The van der Waals surface area contributed by atoms with E-state index < -0.39 is 23.5 Å². The molecule has 0 aliphatic carbocycles. The van der Waals surface area contributed by atoms with Gasteiger partial charge in [-0.15, -0.1) is 0 Å². The number of aromatic nitrogens is 2. The van der Waals surface area contributed by atoms with Gasteiger partial charge in [0.05, 0.1) is 29.0 Å². The van der Waals surface area contributed by atoms with E-state index in [0.717, 1.165) is 31.2 Å². The molecule has 3 aromatic rings. The predicted molar refractivity (Wildman–Crippen MR) is 146 cm³/mol. The highest BCUT2D eigenvalue weighted by atomic mass is 16.6. The van der Waals surface area contributed by atoms with Crippen LogP contribution in [0, 0.1) is 11.8 Å². The van der Waals surface area contributed by atoms with Crippen molar-refractivity contribution < 1.29 is 28.6 Å². The van der Waals surface area contributed by atoms with E-state index in [1.807, 2.05) is 0 Å². The van der Waals surface area contributed by atoms with Crippen molar-refractivity contribution in [3.63, 3.8) is 0 Å². The molecule has 40 heavy (non-hydrogen) atoms. The summed E-state index contributed by atoms with van der Waals surface area (Å²) >= 11 is 0. The summed E-state index contributed by atoms with van der Waals surface area (Å²) in [6, 6.07) is 6.88. The zero-order valence-corrected chi connectivity index (χ0v) is 23.0. The Morgan fingerprint density at radius 2 is 1.90 bits per heavy atom. The van der Waals surface area contributed by atoms with Crippen LogP contribution in [0.25, 0.3) is 22.3 Å². The Bertz CT molecular complexity index is 1690. The molecule has 0 saturated heterocycles. The number of pyridine rings is 2. The standard InChI is InChI=1S/C31H30N2O7/c1-5-7-8-9-10-11-21-22-14-20(39-18(3)34)12-13-26(22)32-28-23(21)16-33-27(28)15-25-24(29(33)36)17-38-30(37)31(25,6-2)40-19(4)35/h12-15H,5-9,16-17H2,1-4H3/t31-/m0/s1. The number of nitrogens with zero attached hydrogens (tertiary/aromatic N) is 2. The zero-order chi connectivity index (χ0) is 28.6. The summed E-state index contributed by atoms with van der Waals surface area (Å²) in [7, 11) is 0. The molecule has 5 rings (SSSR count). The first-order valence-electron chi connectivity index (χ1n) is 13.5. The largest absolute Gasteiger partial charge is 0.457 e. The Kier molecular flexibility index (Phi) is 7.19. The monoisotopic (exact) mass is 542 g/mol. The topological polar surface area (TPSA) is 114 Å². The first kappa shape index (κ1) is 27.1. The average molecular weight is 543 g/mol. The number of esters is 3. The van der Waals surface area contributed by atoms with Gasteiger partial charge in [-0.25, -0.2) is 9.78 Å². The highest BCUT2D eigenvalue weighted by Gasteiger charge is 2.50. The summed E-state index contributed by atoms with van der Waals surface area (Å²) in [5.41, 5.74) is 1.71. The van der Waals surface area contributed by atoms with Crippen LogP contribution in [-0.2, 0) is 42.6 Å². The van der Waals surface area contributed by atoms with E-state index in [0.29, 0.717) is 39.2 Å². The average Bonchev–Trinajstić information content (AvgIpc) is 3.28. The predicted octanol–water partition coefficient (Wildman–Crippen LogP) is 4.51. The maximum Gasteiger partial charge on any atom is 0.355 e. The smallest absolute Gasteiger partial charge is 0.355 e. The van der Waals surface area contributed by atoms with Crippen molar-refractivity contribution in [3.05, 3.63) is 56.9 Å². The maximum absolute atomic E-state index is 13.8. The van der Waals surface area contributed by atoms with E-state index in [1.165, 1.54) is 13.8 Å². The van der Waals surface area contributed by atoms with Crippen LogP contribution in [0.4, 0.5) is 0 Å². The lowest BCUT2D eigenvalue weighted by molar-refractivity contribution is -0.188. The Balaban J connectivity index is 1.74. The lowest BCUT2D eigenvalue weighted by Gasteiger charge is -2.35. The molecule has 9 heteroatoms. The molecule has 0 bridgehead atoms. The molecule has 206 valence electrons. The van der Waals surface area contributed by atoms with Gasteiger partial charge in [0.1, 0.15) is 12.4 Å². The quantitative estimate of drug-likeness (QED) is 0.151. The minimum atomic E-state index is -1.71. The molecule has 1 atom stereocenters. The maximum atomic E-state index is 13.8. The van der Waals surface area contributed by atoms with E-state index in [4.69, 9.17) is 19.2 Å². The van der Waals surface area contributed by atoms with E-state index in [1.54, 1.807) is 35.8 Å². The molecule has 9 nitrogen and oxygen atoms in total. The third-order valence-corrected chi connectivity index (χ3v) is 7.32. The minimum Gasteiger partial charge on any atom is -0.457 e. The van der Waals surface area contributed by atoms with Gasteiger partial charge in [-0.2, -0.15) is 0 Å². The molecule has 2 aromatic heterocycles. The fraction of sp³-hybridized carbons (Fsp3) is 0.387. The Morgan fingerprint density at radius 1 is 1.10 bits per heavy atom. The molecule has 2 aliphatic rings. The minimum absolute atomic E-state index is 0.104. The lowest BCUT2D eigenvalue weighted by atomic mass is 9.85. The zero-order valence-electron chi connectivity index (χ0n) is 23.0. The van der Waals surface area contributed by atoms with Gasteiger partial charge < -0.3 is 18.8 Å². The molecule has 0 N–H and O–H groups in total. The number of hydrogen-bond donors (Lipinski definition) is 0. The second-order valence-electron chi connectivity index (χ2n) is 10.0. The van der Waals surface area contributed by atoms with Gasteiger partial charge in [-0.3, -0.25) is 14.4 Å². The van der Waals surface area contributed by atoms with Crippen LogP contribution in [0.15, 0.2) is 29.1 Å². The first-order chi connectivity index (χ1) is 19.2. The SMILES string of the molecule is CCCCCC#Cc1c2c(nc3ccc(OC(C)=O)cc13)-c1cc3c(c(=O)n1C2)COC(=O)[C@@]3(CC)OC(C)=O. The molecule has 0 fully saturated rings. The molecule has 0 spiro atoms. The number of carbonyl (C=O) groups excluding carboxylic acids is 3. The van der Waals surface area contributed by atoms with Crippen LogP contribution >= 0.6 is 0 Å². The van der Waals surface area contributed by atoms with Gasteiger partial charge in [0.2, 0.25) is 5.60 Å². The van der Waals surface area contributed by atoms with Crippen molar-refractivity contribution >= 4 is 28.8 Å². The van der Waals surface area contributed by atoms with Crippen LogP contribution in [0.5, 0.6) is 5.75 Å². The number of ether oxygens (including phenoxy) is 3. The molecule has 1 aromatic carbocycles. The second-order valence-corrected chi connectivity index (χ2v) is 10.0. The molecule has 4 heterocycles. The summed E-state index contributed by atoms with van der Waals surface area (Å²) in [5.74, 6) is 5.17. The van der Waals surface area contributed by atoms with Gasteiger partial charge in [-0.05, 0) is 37.1 Å². The van der Waals surface area contributed by atoms with Crippen LogP contribution < -0.4 is 10.3 Å². The van der Waals surface area contributed by atoms with Gasteiger partial charge in [-0.1, -0.05) is 38.5 Å². The Labute approximate surface area is 231 Å². The van der Waals surface area contributed by atoms with Gasteiger partial charge >= 0.3 is 17.9 Å². The fourth-order valence-corrected chi connectivity index (χ4v) is 5.45. The molecule has 0 unspecified atom stereocenters. The van der Waals surface area contributed by atoms with Gasteiger partial charge in [0.25, 0.3) is 5.56 Å². The summed E-state index contributed by atoms with van der Waals surface area (Å²) in [4.78, 5) is 55.3. The summed E-state index contributed by atoms with van der Waals surface area (Å²) < 4.78 is 17.8. The highest BCUT2D eigenvalue weighted by Crippen LogP contribution is 2.42. The summed E-state index contributed by atoms with van der Waals surface area (Å²) in [6.45, 7) is 6.41. The molecule has 2 aliphatic heterocycles. The Morgan fingerprint density at radius 3 is 2.60 bits per heavy atom. The van der Waals surface area contributed by atoms with Crippen molar-refractivity contribution in [2.24, 2.45) is 0 Å². The van der Waals surface area contributed by atoms with Crippen LogP contribution in [0.2, 0.25) is 0 Å². The lowest BCUT2D eigenvalue weighted by Crippen LogP contribution is -2.47. The number of cyclic esters (lactones) is 1. The molecular weight excluding hydrogens is 512 g/mol. The fourth-order valence-electron chi connectivity index (χ4n) is 5.45. The summed E-state index contributed by atoms with van der Waals surface area (Å²) in [6.07, 6.45) is 3.96. The third kappa shape index (κ3) is 4.53. The number of benzene rings is 1. The highest BCUT2D eigenvalue weighted by molar-refractivity contribution is 5.93. The number of carbonyl (C=O) groups is 3. The number of fused-ring (bicyclic) bond motifs is 5. The third-order valence-electron chi connectivity index (χ3n) is 7.32. The first-order valence-corrected chi connectivity index (χ1v) is 13.5. The molecule has 0 amide bonds. The van der Waals surface area contributed by atoms with Crippen molar-refractivity contribution in [1.29, 1.82) is 0 Å². The van der Waals surface area contributed by atoms with E-state index in [2.05, 4.69) is 18.8 Å². The van der Waals surface area contributed by atoms with E-state index in [9.17, 15) is 19.2 Å². The van der Waals surface area contributed by atoms with Gasteiger partial charge in [0, 0.05) is 42.3 Å². The molecule has 0 radical (unpaired) electrons. The number of hydrogen-bond acceptors (Lipinski definition) is 8. The Hall–Kier alpha value is -4.45. The number of unbranched alkanes of at least 4 members (excludes halogenated alkanes) is 3. The molecule has 0 saturated carbocycles. The van der Waals surface area contributed by atoms with Crippen LogP contribution in [-0.4, -0.2) is 27.5 Å². The van der Waals surface area contributed by atoms with Gasteiger partial charge in [0.15, 0.2) is 0 Å². The van der Waals surface area contributed by atoms with Crippen molar-refractivity contribution in [1.82, 2.24) is 9.55 Å². The summed E-state index contributed by atoms with van der Waals surface area (Å²) in [5, 5.41) is 0.715. The van der Waals surface area contributed by atoms with Crippen LogP contribution in [0.3, 0.4) is 0 Å². The number of rotatable bonds is 6. The van der Waals surface area contributed by atoms with E-state index >= 15 is 0 Å². The normalized spacial score (nSPS) is 16.8. The van der Waals surface area contributed by atoms with Crippen molar-refractivity contribution in [2.45, 2.75) is 78.6 Å². The van der Waals surface area contributed by atoms with Crippen molar-refractivity contribution in [3.8, 4) is 29.0 Å². The second kappa shape index (κ2) is 10.6. The van der Waals surface area contributed by atoms with Crippen LogP contribution in [0.1, 0.15) is 82.1 Å². The molecular formula is C31H30N2O7. The van der Waals surface area contributed by atoms with E-state index in [-0.39, 0.29) is 30.7 Å².